The van der Waals surface area contributed by atoms with E-state index in [4.69, 9.17) is 0 Å². The van der Waals surface area contributed by atoms with Crippen molar-refractivity contribution in [3.05, 3.63) is 0 Å². The zero-order valence-corrected chi connectivity index (χ0v) is 7.55. The van der Waals surface area contributed by atoms with Gasteiger partial charge in [0.05, 0.1) is 0 Å². The van der Waals surface area contributed by atoms with Gasteiger partial charge in [-0.3, -0.25) is 0 Å². The maximum Gasteiger partial charge on any atom is 0.616 e. The summed E-state index contributed by atoms with van der Waals surface area (Å²) in [5.41, 5.74) is -0.178. The molecule has 0 saturated heterocycles. The summed E-state index contributed by atoms with van der Waals surface area (Å²) in [7, 11) is -5.27. The third-order valence-electron chi connectivity index (χ3n) is 1.16. The second-order valence-corrected chi connectivity index (χ2v) is 5.41. The Kier molecular flexibility index (Phi) is 2.95. The van der Waals surface area contributed by atoms with Crippen LogP contribution < -0.4 is 0 Å². The lowest BCUT2D eigenvalue weighted by molar-refractivity contribution is 0.367. The summed E-state index contributed by atoms with van der Waals surface area (Å²) in [6, 6.07) is -0.531. The van der Waals surface area contributed by atoms with E-state index in [1.807, 2.05) is 20.8 Å². The Bertz CT molecular complexity index is 86.5. The predicted molar refractivity (Wildman–Crippen MR) is 38.0 cm³/mol. The van der Waals surface area contributed by atoms with Crippen molar-refractivity contribution in [3.8, 4) is 0 Å². The number of hydrogen-bond acceptors (Lipinski definition) is 0. The molecule has 0 heterocycles. The van der Waals surface area contributed by atoms with Gasteiger partial charge < -0.3 is 0 Å². The summed E-state index contributed by atoms with van der Waals surface area (Å²) in [6.45, 7) is 5.48. The maximum atomic E-state index is 11.7. The van der Waals surface area contributed by atoms with Crippen LogP contribution in [0, 0.1) is 5.41 Å². The van der Waals surface area contributed by atoms with E-state index < -0.39 is 15.1 Å². The molecule has 0 unspecified atom stereocenters. The van der Waals surface area contributed by atoms with Crippen molar-refractivity contribution in [3.63, 3.8) is 0 Å². The fourth-order valence-corrected chi connectivity index (χ4v) is 1.55. The Labute approximate surface area is 61.0 Å². The molecule has 0 aromatic carbocycles. The summed E-state index contributed by atoms with van der Waals surface area (Å²) >= 11 is 0. The van der Waals surface area contributed by atoms with Crippen molar-refractivity contribution in [2.75, 3.05) is 0 Å². The molecule has 10 heavy (non-hydrogen) atoms. The Balaban J connectivity index is 3.56. The molecule has 0 aliphatic carbocycles. The van der Waals surface area contributed by atoms with Crippen molar-refractivity contribution < 1.29 is 12.3 Å². The Morgan fingerprint density at radius 2 is 1.50 bits per heavy atom. The van der Waals surface area contributed by atoms with E-state index in [-0.39, 0.29) is 11.8 Å². The average molecular weight is 170 g/mol. The van der Waals surface area contributed by atoms with E-state index in [9.17, 15) is 12.3 Å². The first-order valence-electron chi connectivity index (χ1n) is 3.27. The molecule has 0 bridgehead atoms. The highest BCUT2D eigenvalue weighted by Crippen LogP contribution is 2.27. The number of rotatable bonds is 2. The Morgan fingerprint density at radius 1 is 1.10 bits per heavy atom. The molecule has 0 aliphatic heterocycles. The monoisotopic (exact) mass is 170 g/mol. The summed E-state index contributed by atoms with van der Waals surface area (Å²) < 4.78 is 35.2. The summed E-state index contributed by atoms with van der Waals surface area (Å²) in [6.07, 6.45) is 0.267. The molecule has 0 nitrogen and oxygen atoms in total. The summed E-state index contributed by atoms with van der Waals surface area (Å²) in [4.78, 5) is 0. The van der Waals surface area contributed by atoms with Crippen LogP contribution in [-0.2, 0) is 0 Å². The van der Waals surface area contributed by atoms with Crippen LogP contribution >= 0.6 is 0 Å². The third kappa shape index (κ3) is 8.01. The van der Waals surface area contributed by atoms with E-state index >= 15 is 0 Å². The molecular weight excluding hydrogens is 157 g/mol. The lowest BCUT2D eigenvalue weighted by Crippen LogP contribution is -2.18. The van der Waals surface area contributed by atoms with Gasteiger partial charge in [0.25, 0.3) is 0 Å². The van der Waals surface area contributed by atoms with Gasteiger partial charge in [0, 0.05) is 6.04 Å². The highest BCUT2D eigenvalue weighted by atomic mass is 28.5. The van der Waals surface area contributed by atoms with Gasteiger partial charge in [0.15, 0.2) is 0 Å². The van der Waals surface area contributed by atoms with Gasteiger partial charge in [-0.1, -0.05) is 20.8 Å². The third-order valence-corrected chi connectivity index (χ3v) is 1.98. The maximum absolute atomic E-state index is 11.7. The molecular formula is C6H13F3Si. The van der Waals surface area contributed by atoms with E-state index in [2.05, 4.69) is 0 Å². The van der Waals surface area contributed by atoms with Crippen molar-refractivity contribution in [2.24, 2.45) is 5.41 Å². The largest absolute Gasteiger partial charge is 0.616 e. The van der Waals surface area contributed by atoms with Gasteiger partial charge in [0.2, 0.25) is 0 Å². The van der Waals surface area contributed by atoms with Crippen molar-refractivity contribution in [1.29, 1.82) is 0 Å². The minimum Gasteiger partial charge on any atom is -0.238 e. The quantitative estimate of drug-likeness (QED) is 0.440. The average Bonchev–Trinajstić information content (AvgIpc) is 1.57. The van der Waals surface area contributed by atoms with Crippen LogP contribution in [0.4, 0.5) is 12.3 Å². The number of hydrogen-bond donors (Lipinski definition) is 0. The lowest BCUT2D eigenvalue weighted by Gasteiger charge is -2.17. The molecule has 4 heteroatoms. The van der Waals surface area contributed by atoms with Gasteiger partial charge in [-0.05, 0) is 11.8 Å². The molecule has 0 N–H and O–H groups in total. The van der Waals surface area contributed by atoms with Gasteiger partial charge in [-0.15, -0.1) is 0 Å². The Hall–Kier alpha value is 0.00688. The first-order chi connectivity index (χ1) is 4.21. The second-order valence-electron chi connectivity index (χ2n) is 3.68. The van der Waals surface area contributed by atoms with Crippen LogP contribution in [0.2, 0.25) is 6.04 Å². The molecule has 0 spiro atoms. The Morgan fingerprint density at radius 3 is 1.60 bits per heavy atom. The molecule has 0 radical (unpaired) electrons. The fraction of sp³-hybridized carbons (Fsp3) is 1.00. The van der Waals surface area contributed by atoms with Crippen molar-refractivity contribution in [2.45, 2.75) is 33.2 Å². The molecule has 0 aromatic heterocycles. The van der Waals surface area contributed by atoms with Gasteiger partial charge >= 0.3 is 9.08 Å². The SMILES string of the molecule is CC(C)(C)CC[Si](F)(F)F. The molecule has 0 aliphatic rings. The fourth-order valence-electron chi connectivity index (χ4n) is 0.517. The first kappa shape index (κ1) is 10.0. The minimum absolute atomic E-state index is 0.178. The smallest absolute Gasteiger partial charge is 0.238 e. The van der Waals surface area contributed by atoms with Crippen LogP contribution in [0.5, 0.6) is 0 Å². The standard InChI is InChI=1S/C6H13F3Si/c1-6(2,3)4-5-10(7,8)9/h4-5H2,1-3H3. The molecule has 0 aromatic rings. The van der Waals surface area contributed by atoms with Crippen LogP contribution in [0.3, 0.4) is 0 Å². The normalized spacial score (nSPS) is 13.8. The molecule has 0 rings (SSSR count). The van der Waals surface area contributed by atoms with Crippen LogP contribution in [0.15, 0.2) is 0 Å². The minimum atomic E-state index is -5.27. The predicted octanol–water partition coefficient (Wildman–Crippen LogP) is 3.27. The zero-order valence-electron chi connectivity index (χ0n) is 6.55. The van der Waals surface area contributed by atoms with Crippen molar-refractivity contribution in [1.82, 2.24) is 0 Å². The van der Waals surface area contributed by atoms with E-state index in [1.165, 1.54) is 0 Å². The second kappa shape index (κ2) is 2.94. The van der Waals surface area contributed by atoms with E-state index in [0.29, 0.717) is 0 Å². The van der Waals surface area contributed by atoms with E-state index in [1.54, 1.807) is 0 Å². The molecule has 0 saturated carbocycles. The summed E-state index contributed by atoms with van der Waals surface area (Å²) in [5, 5.41) is 0. The van der Waals surface area contributed by atoms with Crippen LogP contribution in [0.25, 0.3) is 0 Å². The van der Waals surface area contributed by atoms with Gasteiger partial charge in [0.1, 0.15) is 0 Å². The first-order valence-corrected chi connectivity index (χ1v) is 5.12. The van der Waals surface area contributed by atoms with Crippen LogP contribution in [-0.4, -0.2) is 9.08 Å². The zero-order chi connectivity index (χ0) is 8.41. The molecule has 62 valence electrons. The highest BCUT2D eigenvalue weighted by molar-refractivity contribution is 6.58. The van der Waals surface area contributed by atoms with E-state index in [0.717, 1.165) is 0 Å². The molecule has 0 amide bonds. The molecule has 0 fully saturated rings. The highest BCUT2D eigenvalue weighted by Gasteiger charge is 2.37. The lowest BCUT2D eigenvalue weighted by atomic mass is 9.94. The van der Waals surface area contributed by atoms with Gasteiger partial charge in [-0.2, -0.15) is 0 Å². The molecule has 0 atom stereocenters. The van der Waals surface area contributed by atoms with Crippen molar-refractivity contribution >= 4 is 9.08 Å². The number of halogens is 3. The van der Waals surface area contributed by atoms with Gasteiger partial charge in [-0.25, -0.2) is 12.3 Å². The summed E-state index contributed by atoms with van der Waals surface area (Å²) in [5.74, 6) is 0. The topological polar surface area (TPSA) is 0 Å². The van der Waals surface area contributed by atoms with Crippen LogP contribution in [0.1, 0.15) is 27.2 Å².